The Hall–Kier alpha value is -1.63. The number of carbonyl (C=O) groups excluding carboxylic acids is 2. The van der Waals surface area contributed by atoms with Gasteiger partial charge in [0.05, 0.1) is 6.54 Å². The average molecular weight is 201 g/mol. The minimum atomic E-state index is -1.14. The Morgan fingerprint density at radius 3 is 2.71 bits per heavy atom. The molecule has 7 nitrogen and oxygen atoms in total. The number of hydrogen-bond donors (Lipinski definition) is 3. The molecule has 1 aliphatic heterocycles. The van der Waals surface area contributed by atoms with Gasteiger partial charge in [0.1, 0.15) is 6.04 Å². The van der Waals surface area contributed by atoms with E-state index < -0.39 is 18.0 Å². The van der Waals surface area contributed by atoms with Gasteiger partial charge in [0.15, 0.2) is 0 Å². The van der Waals surface area contributed by atoms with E-state index in [1.807, 2.05) is 0 Å². The molecular formula is C7H11N3O4. The second-order valence-electron chi connectivity index (χ2n) is 2.94. The van der Waals surface area contributed by atoms with E-state index in [2.05, 4.69) is 5.32 Å². The molecule has 1 atom stereocenters. The van der Waals surface area contributed by atoms with Crippen LogP contribution in [0.4, 0.5) is 4.79 Å². The molecule has 0 spiro atoms. The number of nitrogens with two attached hydrogens (primary N) is 1. The van der Waals surface area contributed by atoms with Crippen LogP contribution in [-0.4, -0.2) is 47.0 Å². The Bertz CT molecular complexity index is 262. The Labute approximate surface area is 79.9 Å². The maximum atomic E-state index is 11.0. The second-order valence-corrected chi connectivity index (χ2v) is 2.94. The van der Waals surface area contributed by atoms with E-state index in [0.29, 0.717) is 0 Å². The lowest BCUT2D eigenvalue weighted by Gasteiger charge is -2.13. The summed E-state index contributed by atoms with van der Waals surface area (Å²) in [5, 5.41) is 10.8. The summed E-state index contributed by atoms with van der Waals surface area (Å²) in [6.07, 6.45) is 0.0640. The molecule has 0 bridgehead atoms. The molecule has 0 aromatic carbocycles. The number of nitrogens with zero attached hydrogens (tertiary/aromatic N) is 1. The van der Waals surface area contributed by atoms with Crippen LogP contribution in [0.3, 0.4) is 0 Å². The van der Waals surface area contributed by atoms with Crippen LogP contribution in [0.1, 0.15) is 6.42 Å². The smallest absolute Gasteiger partial charge is 0.324 e. The van der Waals surface area contributed by atoms with Crippen molar-refractivity contribution in [3.8, 4) is 0 Å². The topological polar surface area (TPSA) is 113 Å². The lowest BCUT2D eigenvalue weighted by molar-refractivity contribution is -0.139. The zero-order chi connectivity index (χ0) is 10.7. The third-order valence-corrected chi connectivity index (χ3v) is 1.92. The largest absolute Gasteiger partial charge is 0.480 e. The van der Waals surface area contributed by atoms with Gasteiger partial charge in [-0.05, 0) is 6.42 Å². The molecule has 0 aliphatic carbocycles. The molecule has 0 radical (unpaired) electrons. The minimum absolute atomic E-state index is 0.0266. The van der Waals surface area contributed by atoms with Gasteiger partial charge >= 0.3 is 12.0 Å². The Morgan fingerprint density at radius 2 is 2.29 bits per heavy atom. The molecule has 1 saturated heterocycles. The molecule has 1 rings (SSSR count). The summed E-state index contributed by atoms with van der Waals surface area (Å²) in [6, 6.07) is -1.54. The molecule has 3 amide bonds. The number of nitrogens with one attached hydrogen (secondary N) is 1. The van der Waals surface area contributed by atoms with Gasteiger partial charge in [-0.15, -0.1) is 0 Å². The van der Waals surface area contributed by atoms with Crippen molar-refractivity contribution in [2.75, 3.05) is 13.1 Å². The zero-order valence-electron chi connectivity index (χ0n) is 7.40. The monoisotopic (exact) mass is 201 g/mol. The van der Waals surface area contributed by atoms with E-state index in [4.69, 9.17) is 10.8 Å². The molecule has 4 N–H and O–H groups in total. The molecule has 0 aromatic rings. The third-order valence-electron chi connectivity index (χ3n) is 1.92. The minimum Gasteiger partial charge on any atom is -0.480 e. The van der Waals surface area contributed by atoms with Gasteiger partial charge in [-0.3, -0.25) is 14.5 Å². The van der Waals surface area contributed by atoms with Gasteiger partial charge in [-0.1, -0.05) is 0 Å². The van der Waals surface area contributed by atoms with Crippen molar-refractivity contribution in [1.82, 2.24) is 10.2 Å². The number of urea groups is 1. The van der Waals surface area contributed by atoms with Gasteiger partial charge in [-0.2, -0.15) is 0 Å². The van der Waals surface area contributed by atoms with E-state index >= 15 is 0 Å². The molecule has 0 saturated carbocycles. The fraction of sp³-hybridized carbons (Fsp3) is 0.571. The summed E-state index contributed by atoms with van der Waals surface area (Å²) in [4.78, 5) is 33.3. The first kappa shape index (κ1) is 10.5. The highest BCUT2D eigenvalue weighted by molar-refractivity contribution is 6.01. The molecule has 14 heavy (non-hydrogen) atoms. The van der Waals surface area contributed by atoms with Crippen molar-refractivity contribution in [2.45, 2.75) is 12.5 Å². The number of rotatable bonds is 4. The average Bonchev–Trinajstić information content (AvgIpc) is 2.43. The quantitative estimate of drug-likeness (QED) is 0.471. The predicted molar refractivity (Wildman–Crippen MR) is 45.3 cm³/mol. The van der Waals surface area contributed by atoms with Crippen molar-refractivity contribution in [3.05, 3.63) is 0 Å². The number of imide groups is 1. The van der Waals surface area contributed by atoms with E-state index in [1.165, 1.54) is 0 Å². The molecular weight excluding hydrogens is 190 g/mol. The lowest BCUT2D eigenvalue weighted by Crippen LogP contribution is -2.38. The predicted octanol–water partition coefficient (Wildman–Crippen LogP) is -1.66. The summed E-state index contributed by atoms with van der Waals surface area (Å²) in [5.41, 5.74) is 5.22. The molecule has 1 aliphatic rings. The van der Waals surface area contributed by atoms with Gasteiger partial charge in [0.25, 0.3) is 0 Å². The van der Waals surface area contributed by atoms with Gasteiger partial charge in [0.2, 0.25) is 5.91 Å². The SMILES string of the molecule is NC(CCN1C(=O)CNC1=O)C(=O)O. The van der Waals surface area contributed by atoms with Crippen molar-refractivity contribution in [2.24, 2.45) is 5.73 Å². The molecule has 7 heteroatoms. The molecule has 1 heterocycles. The van der Waals surface area contributed by atoms with Crippen LogP contribution in [-0.2, 0) is 9.59 Å². The Balaban J connectivity index is 2.41. The Kier molecular flexibility index (Phi) is 3.03. The van der Waals surface area contributed by atoms with Gasteiger partial charge < -0.3 is 16.2 Å². The van der Waals surface area contributed by atoms with Crippen molar-refractivity contribution < 1.29 is 19.5 Å². The van der Waals surface area contributed by atoms with E-state index in [-0.39, 0.29) is 25.4 Å². The van der Waals surface area contributed by atoms with E-state index in [1.54, 1.807) is 0 Å². The van der Waals surface area contributed by atoms with E-state index in [0.717, 1.165) is 4.90 Å². The first-order valence-corrected chi connectivity index (χ1v) is 4.09. The highest BCUT2D eigenvalue weighted by atomic mass is 16.4. The van der Waals surface area contributed by atoms with Gasteiger partial charge in [-0.25, -0.2) is 4.79 Å². The number of carboxylic acids is 1. The Morgan fingerprint density at radius 1 is 1.64 bits per heavy atom. The molecule has 1 fully saturated rings. The number of carbonyl (C=O) groups is 3. The van der Waals surface area contributed by atoms with Gasteiger partial charge in [0, 0.05) is 6.54 Å². The summed E-state index contributed by atoms with van der Waals surface area (Å²) < 4.78 is 0. The summed E-state index contributed by atoms with van der Waals surface area (Å²) in [6.45, 7) is 0.0132. The molecule has 1 unspecified atom stereocenters. The number of hydrogen-bond acceptors (Lipinski definition) is 4. The number of carboxylic acid groups (broad SMARTS) is 1. The normalized spacial score (nSPS) is 18.2. The number of amides is 3. The summed E-state index contributed by atoms with van der Waals surface area (Å²) in [5.74, 6) is -1.50. The molecule has 0 aromatic heterocycles. The van der Waals surface area contributed by atoms with Crippen LogP contribution in [0.5, 0.6) is 0 Å². The van der Waals surface area contributed by atoms with Crippen LogP contribution < -0.4 is 11.1 Å². The van der Waals surface area contributed by atoms with E-state index in [9.17, 15) is 14.4 Å². The maximum absolute atomic E-state index is 11.0. The second kappa shape index (κ2) is 4.05. The van der Waals surface area contributed by atoms with Crippen LogP contribution in [0.25, 0.3) is 0 Å². The highest BCUT2D eigenvalue weighted by Crippen LogP contribution is 2.01. The molecule has 78 valence electrons. The fourth-order valence-electron chi connectivity index (χ4n) is 1.07. The highest BCUT2D eigenvalue weighted by Gasteiger charge is 2.28. The van der Waals surface area contributed by atoms with Crippen molar-refractivity contribution >= 4 is 17.9 Å². The summed E-state index contributed by atoms with van der Waals surface area (Å²) in [7, 11) is 0. The zero-order valence-corrected chi connectivity index (χ0v) is 7.40. The standard InChI is InChI=1S/C7H11N3O4/c8-4(6(12)13)1-2-10-5(11)3-9-7(10)14/h4H,1-3,8H2,(H,9,14)(H,12,13). The third kappa shape index (κ3) is 2.19. The number of aliphatic carboxylic acids is 1. The van der Waals surface area contributed by atoms with Crippen LogP contribution in [0.2, 0.25) is 0 Å². The first-order chi connectivity index (χ1) is 6.52. The first-order valence-electron chi connectivity index (χ1n) is 4.09. The van der Waals surface area contributed by atoms with Crippen LogP contribution >= 0.6 is 0 Å². The lowest BCUT2D eigenvalue weighted by atomic mass is 10.2. The summed E-state index contributed by atoms with van der Waals surface area (Å²) >= 11 is 0. The maximum Gasteiger partial charge on any atom is 0.324 e. The fourth-order valence-corrected chi connectivity index (χ4v) is 1.07. The van der Waals surface area contributed by atoms with Crippen LogP contribution in [0.15, 0.2) is 0 Å². The van der Waals surface area contributed by atoms with Crippen molar-refractivity contribution in [1.29, 1.82) is 0 Å². The van der Waals surface area contributed by atoms with Crippen LogP contribution in [0, 0.1) is 0 Å². The van der Waals surface area contributed by atoms with Crippen molar-refractivity contribution in [3.63, 3.8) is 0 Å².